The summed E-state index contributed by atoms with van der Waals surface area (Å²) in [6, 6.07) is 10.2. The Morgan fingerprint density at radius 3 is 2.72 bits per heavy atom. The second-order valence-corrected chi connectivity index (χ2v) is 6.46. The smallest absolute Gasteiger partial charge is 0.306 e. The van der Waals surface area contributed by atoms with Crippen LogP contribution in [0.3, 0.4) is 0 Å². The number of aryl methyl sites for hydroxylation is 1. The van der Waals surface area contributed by atoms with Gasteiger partial charge in [-0.25, -0.2) is 0 Å². The van der Waals surface area contributed by atoms with E-state index >= 15 is 0 Å². The lowest BCUT2D eigenvalue weighted by Gasteiger charge is -2.03. The van der Waals surface area contributed by atoms with Gasteiger partial charge in [-0.15, -0.1) is 11.3 Å². The first-order valence-electron chi connectivity index (χ1n) is 7.42. The van der Waals surface area contributed by atoms with E-state index in [0.717, 1.165) is 4.88 Å². The molecule has 128 valence electrons. The molecule has 0 N–H and O–H groups in total. The van der Waals surface area contributed by atoms with Crippen LogP contribution in [0.15, 0.2) is 46.3 Å². The third kappa shape index (κ3) is 4.74. The molecule has 0 bridgehead atoms. The molecule has 0 saturated heterocycles. The van der Waals surface area contributed by atoms with Crippen molar-refractivity contribution < 1.29 is 18.8 Å². The van der Waals surface area contributed by atoms with Gasteiger partial charge >= 0.3 is 5.97 Å². The van der Waals surface area contributed by atoms with Crippen molar-refractivity contribution in [1.82, 2.24) is 10.1 Å². The van der Waals surface area contributed by atoms with Crippen LogP contribution in [0, 0.1) is 0 Å². The number of carbonyl (C=O) groups excluding carboxylic acids is 2. The largest absolute Gasteiger partial charge is 0.457 e. The van der Waals surface area contributed by atoms with E-state index in [1.807, 2.05) is 17.5 Å². The third-order valence-corrected chi connectivity index (χ3v) is 4.40. The Kier molecular flexibility index (Phi) is 5.57. The topological polar surface area (TPSA) is 82.3 Å². The van der Waals surface area contributed by atoms with Crippen LogP contribution >= 0.6 is 22.9 Å². The molecule has 0 aliphatic carbocycles. The minimum atomic E-state index is -0.502. The molecule has 0 aliphatic rings. The summed E-state index contributed by atoms with van der Waals surface area (Å²) in [5, 5.41) is 6.32. The van der Waals surface area contributed by atoms with Crippen LogP contribution < -0.4 is 0 Å². The summed E-state index contributed by atoms with van der Waals surface area (Å²) in [5.74, 6) is 0.0571. The van der Waals surface area contributed by atoms with Gasteiger partial charge in [-0.3, -0.25) is 9.59 Å². The molecule has 3 rings (SSSR count). The first-order chi connectivity index (χ1) is 12.1. The third-order valence-electron chi connectivity index (χ3n) is 3.28. The minimum Gasteiger partial charge on any atom is -0.457 e. The zero-order valence-electron chi connectivity index (χ0n) is 13.0. The summed E-state index contributed by atoms with van der Waals surface area (Å²) in [5.41, 5.74) is 0.440. The average molecular weight is 377 g/mol. The summed E-state index contributed by atoms with van der Waals surface area (Å²) in [6.07, 6.45) is 0.312. The van der Waals surface area contributed by atoms with Crippen LogP contribution in [0.4, 0.5) is 0 Å². The number of ketones is 1. The van der Waals surface area contributed by atoms with E-state index in [-0.39, 0.29) is 25.2 Å². The standard InChI is InChI=1S/C17H13ClN2O4S/c18-12-5-3-11(4-6-12)13(21)10-23-16(22)8-7-15-19-17(20-24-15)14-2-1-9-25-14/h1-6,9H,7-8,10H2. The lowest BCUT2D eigenvalue weighted by atomic mass is 10.1. The molecule has 1 aromatic carbocycles. The van der Waals surface area contributed by atoms with Crippen LogP contribution in [0.5, 0.6) is 0 Å². The molecule has 0 radical (unpaired) electrons. The summed E-state index contributed by atoms with van der Waals surface area (Å²) >= 11 is 7.26. The van der Waals surface area contributed by atoms with Crippen molar-refractivity contribution in [1.29, 1.82) is 0 Å². The predicted octanol–water partition coefficient (Wildman–Crippen LogP) is 3.81. The number of thiophene rings is 1. The van der Waals surface area contributed by atoms with Gasteiger partial charge in [0.25, 0.3) is 0 Å². The molecule has 2 aromatic heterocycles. The van der Waals surface area contributed by atoms with Crippen molar-refractivity contribution in [2.24, 2.45) is 0 Å². The molecule has 0 saturated carbocycles. The maximum absolute atomic E-state index is 11.9. The normalized spacial score (nSPS) is 10.6. The molecule has 0 atom stereocenters. The molecule has 3 aromatic rings. The van der Waals surface area contributed by atoms with Crippen LogP contribution in [-0.2, 0) is 16.0 Å². The quantitative estimate of drug-likeness (QED) is 0.460. The zero-order chi connectivity index (χ0) is 17.6. The molecule has 8 heteroatoms. The Morgan fingerprint density at radius 1 is 1.20 bits per heavy atom. The molecule has 25 heavy (non-hydrogen) atoms. The summed E-state index contributed by atoms with van der Waals surface area (Å²) in [6.45, 7) is -0.315. The molecule has 0 spiro atoms. The number of halogens is 1. The lowest BCUT2D eigenvalue weighted by Crippen LogP contribution is -2.14. The van der Waals surface area contributed by atoms with E-state index in [0.29, 0.717) is 22.3 Å². The lowest BCUT2D eigenvalue weighted by molar-refractivity contribution is -0.142. The van der Waals surface area contributed by atoms with Crippen molar-refractivity contribution in [3.8, 4) is 10.7 Å². The number of Topliss-reactive ketones (excluding diaryl/α,β-unsaturated/α-hetero) is 1. The highest BCUT2D eigenvalue weighted by Gasteiger charge is 2.13. The Morgan fingerprint density at radius 2 is 2.00 bits per heavy atom. The van der Waals surface area contributed by atoms with Gasteiger partial charge in [0.1, 0.15) is 0 Å². The predicted molar refractivity (Wildman–Crippen MR) is 92.7 cm³/mol. The minimum absolute atomic E-state index is 0.0555. The molecule has 0 amide bonds. The fourth-order valence-electron chi connectivity index (χ4n) is 2.01. The Labute approximate surface area is 152 Å². The van der Waals surface area contributed by atoms with E-state index in [4.69, 9.17) is 20.9 Å². The molecule has 0 fully saturated rings. The fourth-order valence-corrected chi connectivity index (χ4v) is 2.78. The van der Waals surface area contributed by atoms with Crippen LogP contribution in [0.2, 0.25) is 5.02 Å². The van der Waals surface area contributed by atoms with E-state index in [1.54, 1.807) is 24.3 Å². The number of hydrogen-bond donors (Lipinski definition) is 0. The van der Waals surface area contributed by atoms with Crippen molar-refractivity contribution in [2.45, 2.75) is 12.8 Å². The van der Waals surface area contributed by atoms with Gasteiger partial charge in [0.15, 0.2) is 12.4 Å². The van der Waals surface area contributed by atoms with E-state index in [9.17, 15) is 9.59 Å². The van der Waals surface area contributed by atoms with Crippen molar-refractivity contribution in [3.63, 3.8) is 0 Å². The van der Waals surface area contributed by atoms with Crippen molar-refractivity contribution in [3.05, 3.63) is 58.3 Å². The number of benzene rings is 1. The van der Waals surface area contributed by atoms with Gasteiger partial charge in [-0.1, -0.05) is 22.8 Å². The van der Waals surface area contributed by atoms with E-state index in [1.165, 1.54) is 11.3 Å². The molecule has 0 unspecified atom stereocenters. The number of esters is 1. The highest BCUT2D eigenvalue weighted by Crippen LogP contribution is 2.21. The summed E-state index contributed by atoms with van der Waals surface area (Å²) < 4.78 is 10.1. The Hall–Kier alpha value is -2.51. The fraction of sp³-hybridized carbons (Fsp3) is 0.176. The number of nitrogens with zero attached hydrogens (tertiary/aromatic N) is 2. The maximum atomic E-state index is 11.9. The number of aromatic nitrogens is 2. The van der Waals surface area contributed by atoms with E-state index < -0.39 is 5.97 Å². The van der Waals surface area contributed by atoms with Gasteiger partial charge in [0.2, 0.25) is 11.7 Å². The maximum Gasteiger partial charge on any atom is 0.306 e. The first-order valence-corrected chi connectivity index (χ1v) is 8.68. The molecule has 2 heterocycles. The van der Waals surface area contributed by atoms with Crippen molar-refractivity contribution >= 4 is 34.7 Å². The number of hydrogen-bond acceptors (Lipinski definition) is 7. The second-order valence-electron chi connectivity index (χ2n) is 5.08. The van der Waals surface area contributed by atoms with Crippen molar-refractivity contribution in [2.75, 3.05) is 6.61 Å². The highest BCUT2D eigenvalue weighted by molar-refractivity contribution is 7.13. The number of ether oxygens (including phenoxy) is 1. The monoisotopic (exact) mass is 376 g/mol. The van der Waals surface area contributed by atoms with Gasteiger partial charge in [-0.05, 0) is 35.7 Å². The zero-order valence-corrected chi connectivity index (χ0v) is 14.5. The Balaban J connectivity index is 1.45. The van der Waals surface area contributed by atoms with E-state index in [2.05, 4.69) is 10.1 Å². The van der Waals surface area contributed by atoms with Gasteiger partial charge < -0.3 is 9.26 Å². The van der Waals surface area contributed by atoms with Gasteiger partial charge in [0.05, 0.1) is 11.3 Å². The molecular formula is C17H13ClN2O4S. The second kappa shape index (κ2) is 8.04. The number of rotatable bonds is 7. The average Bonchev–Trinajstić information content (AvgIpc) is 3.29. The summed E-state index contributed by atoms with van der Waals surface area (Å²) in [7, 11) is 0. The summed E-state index contributed by atoms with van der Waals surface area (Å²) in [4.78, 5) is 28.8. The molecule has 0 aliphatic heterocycles. The Bertz CT molecular complexity index is 859. The molecular weight excluding hydrogens is 364 g/mol. The highest BCUT2D eigenvalue weighted by atomic mass is 35.5. The van der Waals surface area contributed by atoms with Crippen LogP contribution in [0.1, 0.15) is 22.7 Å². The molecule has 6 nitrogen and oxygen atoms in total. The SMILES string of the molecule is O=C(CCc1nc(-c2cccs2)no1)OCC(=O)c1ccc(Cl)cc1. The van der Waals surface area contributed by atoms with Crippen LogP contribution in [0.25, 0.3) is 10.7 Å². The number of carbonyl (C=O) groups is 2. The van der Waals surface area contributed by atoms with Gasteiger partial charge in [0, 0.05) is 17.0 Å². The first kappa shape index (κ1) is 17.3. The van der Waals surface area contributed by atoms with Gasteiger partial charge in [-0.2, -0.15) is 4.98 Å². The van der Waals surface area contributed by atoms with Crippen LogP contribution in [-0.4, -0.2) is 28.5 Å².